The van der Waals surface area contributed by atoms with E-state index in [1.807, 2.05) is 0 Å². The van der Waals surface area contributed by atoms with Crippen LogP contribution in [0.15, 0.2) is 59.5 Å². The van der Waals surface area contributed by atoms with Crippen molar-refractivity contribution in [3.63, 3.8) is 0 Å². The lowest BCUT2D eigenvalue weighted by Crippen LogP contribution is -2.54. The molecule has 1 aliphatic rings. The lowest BCUT2D eigenvalue weighted by molar-refractivity contribution is -0.139. The number of para-hydroxylation sites is 2. The van der Waals surface area contributed by atoms with Gasteiger partial charge in [-0.25, -0.2) is 8.42 Å². The Kier molecular flexibility index (Phi) is 8.17. The Morgan fingerprint density at radius 2 is 1.69 bits per heavy atom. The van der Waals surface area contributed by atoms with Gasteiger partial charge in [0.2, 0.25) is 27.7 Å². The lowest BCUT2D eigenvalue weighted by Gasteiger charge is -2.25. The highest BCUT2D eigenvalue weighted by atomic mass is 32.2. The van der Waals surface area contributed by atoms with Crippen molar-refractivity contribution in [1.29, 1.82) is 0 Å². The van der Waals surface area contributed by atoms with E-state index in [9.17, 15) is 32.4 Å². The van der Waals surface area contributed by atoms with Crippen molar-refractivity contribution in [2.75, 3.05) is 22.9 Å². The number of aldehydes is 1. The quantitative estimate of drug-likeness (QED) is 0.388. The number of nitrogens with one attached hydrogen (secondary N) is 2. The number of carbonyl (C=O) groups is 5. The molecule has 3 N–H and O–H groups in total. The van der Waals surface area contributed by atoms with Crippen LogP contribution in [-0.4, -0.2) is 68.7 Å². The summed E-state index contributed by atoms with van der Waals surface area (Å²) in [6.07, 6.45) is -0.393. The predicted octanol–water partition coefficient (Wildman–Crippen LogP) is -0.108. The third-order valence-electron chi connectivity index (χ3n) is 5.33. The molecule has 2 aromatic rings. The minimum absolute atomic E-state index is 0.0966. The first-order chi connectivity index (χ1) is 17.0. The molecule has 0 aliphatic carbocycles. The maximum Gasteiger partial charge on any atom is 0.305 e. The summed E-state index contributed by atoms with van der Waals surface area (Å²) in [5.41, 5.74) is 0.431. The molecule has 2 atom stereocenters. The number of aliphatic carboxylic acids is 1. The zero-order valence-electron chi connectivity index (χ0n) is 19.2. The van der Waals surface area contributed by atoms with Crippen molar-refractivity contribution >= 4 is 51.4 Å². The first-order valence-electron chi connectivity index (χ1n) is 10.8. The van der Waals surface area contributed by atoms with E-state index < -0.39 is 58.8 Å². The number of carboxylic acid groups (broad SMARTS) is 1. The van der Waals surface area contributed by atoms with Crippen LogP contribution in [0.1, 0.15) is 13.3 Å². The van der Waals surface area contributed by atoms with Gasteiger partial charge in [-0.15, -0.1) is 0 Å². The first kappa shape index (κ1) is 26.5. The summed E-state index contributed by atoms with van der Waals surface area (Å²) >= 11 is 0. The molecule has 0 fully saturated rings. The number of sulfonamides is 1. The molecular weight excluding hydrogens is 492 g/mol. The summed E-state index contributed by atoms with van der Waals surface area (Å²) in [4.78, 5) is 62.9. The fourth-order valence-corrected chi connectivity index (χ4v) is 4.91. The molecule has 0 bridgehead atoms. The van der Waals surface area contributed by atoms with Gasteiger partial charge in [-0.1, -0.05) is 30.3 Å². The van der Waals surface area contributed by atoms with E-state index in [0.717, 1.165) is 4.90 Å². The average molecular weight is 517 g/mol. The molecule has 2 unspecified atom stereocenters. The molecule has 36 heavy (non-hydrogen) atoms. The summed E-state index contributed by atoms with van der Waals surface area (Å²) in [6, 6.07) is 10.8. The van der Waals surface area contributed by atoms with Crippen LogP contribution in [0.2, 0.25) is 0 Å². The third-order valence-corrected chi connectivity index (χ3v) is 6.82. The molecule has 2 aromatic carbocycles. The van der Waals surface area contributed by atoms with Gasteiger partial charge in [0, 0.05) is 6.92 Å². The molecule has 1 aliphatic heterocycles. The number of fused-ring (bicyclic) bond motifs is 1. The summed E-state index contributed by atoms with van der Waals surface area (Å²) in [6.45, 7) is 0.257. The number of anilines is 2. The number of carboxylic acids is 1. The van der Waals surface area contributed by atoms with E-state index in [1.54, 1.807) is 24.3 Å². The van der Waals surface area contributed by atoms with E-state index in [4.69, 9.17) is 5.11 Å². The Hall–Kier alpha value is -4.10. The normalized spacial score (nSPS) is 16.5. The Bertz CT molecular complexity index is 1280. The Balaban J connectivity index is 1.98. The van der Waals surface area contributed by atoms with Crippen LogP contribution < -0.4 is 19.8 Å². The maximum atomic E-state index is 13.6. The zero-order valence-corrected chi connectivity index (χ0v) is 20.0. The second-order valence-electron chi connectivity index (χ2n) is 7.94. The highest BCUT2D eigenvalue weighted by Crippen LogP contribution is 2.33. The van der Waals surface area contributed by atoms with Gasteiger partial charge in [0.05, 0.1) is 35.3 Å². The highest BCUT2D eigenvalue weighted by Gasteiger charge is 2.38. The second-order valence-corrected chi connectivity index (χ2v) is 9.65. The van der Waals surface area contributed by atoms with Gasteiger partial charge in [-0.05, 0) is 24.3 Å². The predicted molar refractivity (Wildman–Crippen MR) is 128 cm³/mol. The van der Waals surface area contributed by atoms with Crippen molar-refractivity contribution in [2.24, 2.45) is 0 Å². The molecule has 1 heterocycles. The minimum Gasteiger partial charge on any atom is -0.481 e. The number of hydrogen-bond donors (Lipinski definition) is 3. The number of carbonyl (C=O) groups excluding carboxylic acids is 4. The van der Waals surface area contributed by atoms with Crippen molar-refractivity contribution < 1.29 is 37.5 Å². The molecular formula is C23H24N4O8S. The van der Waals surface area contributed by atoms with E-state index in [-0.39, 0.29) is 29.1 Å². The fourth-order valence-electron chi connectivity index (χ4n) is 3.71. The van der Waals surface area contributed by atoms with Crippen molar-refractivity contribution in [3.05, 3.63) is 54.6 Å². The number of rotatable bonds is 9. The maximum absolute atomic E-state index is 13.6. The van der Waals surface area contributed by atoms with Gasteiger partial charge in [-0.2, -0.15) is 4.72 Å². The monoisotopic (exact) mass is 516 g/mol. The van der Waals surface area contributed by atoms with Gasteiger partial charge < -0.3 is 20.1 Å². The molecule has 0 saturated carbocycles. The van der Waals surface area contributed by atoms with Gasteiger partial charge in [0.1, 0.15) is 18.9 Å². The Labute approximate surface area is 206 Å². The van der Waals surface area contributed by atoms with E-state index in [1.165, 1.54) is 42.2 Å². The number of nitrogens with zero attached hydrogens (tertiary/aromatic N) is 2. The summed E-state index contributed by atoms with van der Waals surface area (Å²) < 4.78 is 28.3. The van der Waals surface area contributed by atoms with Crippen LogP contribution in [0.4, 0.5) is 11.4 Å². The van der Waals surface area contributed by atoms with Crippen molar-refractivity contribution in [3.8, 4) is 0 Å². The van der Waals surface area contributed by atoms with Crippen molar-refractivity contribution in [2.45, 2.75) is 30.3 Å². The second kappa shape index (κ2) is 11.1. The molecule has 0 saturated heterocycles. The third kappa shape index (κ3) is 6.12. The summed E-state index contributed by atoms with van der Waals surface area (Å²) in [5.74, 6) is -3.44. The van der Waals surface area contributed by atoms with Gasteiger partial charge in [0.15, 0.2) is 0 Å². The number of amides is 3. The molecule has 13 heteroatoms. The Morgan fingerprint density at radius 3 is 2.28 bits per heavy atom. The van der Waals surface area contributed by atoms with Crippen LogP contribution in [0.25, 0.3) is 0 Å². The minimum atomic E-state index is -4.18. The van der Waals surface area contributed by atoms with E-state index >= 15 is 0 Å². The van der Waals surface area contributed by atoms with Gasteiger partial charge in [0.25, 0.3) is 0 Å². The van der Waals surface area contributed by atoms with Crippen molar-refractivity contribution in [1.82, 2.24) is 10.0 Å². The van der Waals surface area contributed by atoms with Crippen LogP contribution in [-0.2, 0) is 34.0 Å². The van der Waals surface area contributed by atoms with Crippen LogP contribution in [0.3, 0.4) is 0 Å². The Morgan fingerprint density at radius 1 is 1.08 bits per heavy atom. The smallest absolute Gasteiger partial charge is 0.305 e. The fraction of sp³-hybridized carbons (Fsp3) is 0.261. The van der Waals surface area contributed by atoms with Gasteiger partial charge in [-0.3, -0.25) is 24.1 Å². The first-order valence-corrected chi connectivity index (χ1v) is 12.2. The van der Waals surface area contributed by atoms with Crippen LogP contribution in [0.5, 0.6) is 0 Å². The van der Waals surface area contributed by atoms with E-state index in [0.29, 0.717) is 0 Å². The van der Waals surface area contributed by atoms with Gasteiger partial charge >= 0.3 is 5.97 Å². The number of hydrogen-bond acceptors (Lipinski definition) is 7. The lowest BCUT2D eigenvalue weighted by atomic mass is 10.2. The molecule has 0 radical (unpaired) electrons. The molecule has 0 spiro atoms. The highest BCUT2D eigenvalue weighted by molar-refractivity contribution is 7.89. The van der Waals surface area contributed by atoms with Crippen LogP contribution >= 0.6 is 0 Å². The van der Waals surface area contributed by atoms with E-state index in [2.05, 4.69) is 10.0 Å². The standard InChI is InChI=1S/C23H24N4O8S/c1-15(29)26-12-18(25-36(34,35)17-7-3-2-4-8-17)23(33)27(20-10-6-5-9-19(20)26)13-21(30)24-16(14-28)11-22(31)32/h2-10,14,16,18,25H,11-13H2,1H3,(H,24,30)(H,31,32). The number of benzene rings is 2. The summed E-state index contributed by atoms with van der Waals surface area (Å²) in [7, 11) is -4.18. The largest absolute Gasteiger partial charge is 0.481 e. The molecule has 12 nitrogen and oxygen atoms in total. The topological polar surface area (TPSA) is 170 Å². The molecule has 0 aromatic heterocycles. The molecule has 3 amide bonds. The molecule has 190 valence electrons. The average Bonchev–Trinajstić information content (AvgIpc) is 2.94. The SMILES string of the molecule is CC(=O)N1CC(NS(=O)(=O)c2ccccc2)C(=O)N(CC(=O)NC(C=O)CC(=O)O)c2ccccc21. The van der Waals surface area contributed by atoms with Crippen LogP contribution in [0, 0.1) is 0 Å². The molecule has 3 rings (SSSR count). The zero-order chi connectivity index (χ0) is 26.5. The summed E-state index contributed by atoms with van der Waals surface area (Å²) in [5, 5.41) is 11.1.